The quantitative estimate of drug-likeness (QED) is 0.698. The summed E-state index contributed by atoms with van der Waals surface area (Å²) in [4.78, 5) is 26.9. The molecular weight excluding hydrogens is 393 g/mol. The molecule has 0 bridgehead atoms. The van der Waals surface area contributed by atoms with Gasteiger partial charge in [0.15, 0.2) is 0 Å². The van der Waals surface area contributed by atoms with Gasteiger partial charge in [-0.1, -0.05) is 19.4 Å². The van der Waals surface area contributed by atoms with Crippen molar-refractivity contribution in [1.82, 2.24) is 10.2 Å². The topological polar surface area (TPSA) is 49.4 Å². The van der Waals surface area contributed by atoms with Crippen molar-refractivity contribution < 1.29 is 22.8 Å². The molecule has 4 aliphatic rings. The van der Waals surface area contributed by atoms with Gasteiger partial charge in [0.25, 0.3) is 0 Å². The predicted octanol–water partition coefficient (Wildman–Crippen LogP) is 4.66. The van der Waals surface area contributed by atoms with E-state index < -0.39 is 18.6 Å². The summed E-state index contributed by atoms with van der Waals surface area (Å²) >= 11 is 0. The van der Waals surface area contributed by atoms with Crippen LogP contribution in [0, 0.1) is 34.5 Å². The van der Waals surface area contributed by atoms with Crippen LogP contribution in [0.25, 0.3) is 0 Å². The molecule has 3 aliphatic carbocycles. The molecule has 2 saturated carbocycles. The summed E-state index contributed by atoms with van der Waals surface area (Å²) in [6.07, 6.45) is 1.37. The molecule has 1 saturated heterocycles. The fourth-order valence-electron chi connectivity index (χ4n) is 7.85. The van der Waals surface area contributed by atoms with E-state index in [0.717, 1.165) is 32.1 Å². The fraction of sp³-hybridized carbons (Fsp3) is 0.826. The van der Waals surface area contributed by atoms with Gasteiger partial charge in [-0.05, 0) is 68.6 Å². The first kappa shape index (κ1) is 21.7. The molecule has 0 aromatic heterocycles. The van der Waals surface area contributed by atoms with Gasteiger partial charge in [0.1, 0.15) is 6.54 Å². The highest BCUT2D eigenvalue weighted by Gasteiger charge is 2.61. The predicted molar refractivity (Wildman–Crippen MR) is 107 cm³/mol. The van der Waals surface area contributed by atoms with Crippen molar-refractivity contribution in [2.75, 3.05) is 13.6 Å². The summed E-state index contributed by atoms with van der Waals surface area (Å²) in [5, 5.41) is 2.15. The first-order chi connectivity index (χ1) is 13.9. The van der Waals surface area contributed by atoms with Gasteiger partial charge in [0.05, 0.1) is 0 Å². The van der Waals surface area contributed by atoms with Gasteiger partial charge in [-0.15, -0.1) is 0 Å². The lowest BCUT2D eigenvalue weighted by molar-refractivity contribution is -0.146. The zero-order valence-corrected chi connectivity index (χ0v) is 18.4. The molecule has 4 rings (SSSR count). The van der Waals surface area contributed by atoms with Gasteiger partial charge in [-0.2, -0.15) is 13.2 Å². The molecule has 1 unspecified atom stereocenters. The van der Waals surface area contributed by atoms with Crippen molar-refractivity contribution in [3.63, 3.8) is 0 Å². The Morgan fingerprint density at radius 3 is 2.53 bits per heavy atom. The first-order valence-corrected chi connectivity index (χ1v) is 11.2. The van der Waals surface area contributed by atoms with Crippen molar-refractivity contribution in [3.05, 3.63) is 11.3 Å². The Balaban J connectivity index is 1.60. The number of alkyl halides is 3. The van der Waals surface area contributed by atoms with Gasteiger partial charge in [-0.3, -0.25) is 9.59 Å². The highest BCUT2D eigenvalue weighted by Crippen LogP contribution is 2.66. The Morgan fingerprint density at radius 1 is 1.17 bits per heavy atom. The van der Waals surface area contributed by atoms with Gasteiger partial charge in [0, 0.05) is 30.5 Å². The van der Waals surface area contributed by atoms with Crippen LogP contribution in [-0.4, -0.2) is 36.5 Å². The Bertz CT molecular complexity index is 792. The van der Waals surface area contributed by atoms with E-state index in [4.69, 9.17) is 0 Å². The van der Waals surface area contributed by atoms with E-state index in [-0.39, 0.29) is 22.7 Å². The van der Waals surface area contributed by atoms with Crippen molar-refractivity contribution in [2.24, 2.45) is 34.5 Å². The second-order valence-electron chi connectivity index (χ2n) is 10.6. The highest BCUT2D eigenvalue weighted by atomic mass is 19.4. The van der Waals surface area contributed by atoms with Crippen LogP contribution < -0.4 is 5.32 Å². The molecule has 0 radical (unpaired) electrons. The number of piperidine rings is 1. The zero-order chi connectivity index (χ0) is 22.1. The number of allylic oxidation sites excluding steroid dienone is 2. The van der Waals surface area contributed by atoms with E-state index in [0.29, 0.717) is 30.6 Å². The number of nitrogens with one attached hydrogen (secondary N) is 1. The minimum absolute atomic E-state index is 0.0341. The number of amides is 2. The van der Waals surface area contributed by atoms with Crippen LogP contribution in [0.2, 0.25) is 0 Å². The first-order valence-electron chi connectivity index (χ1n) is 11.2. The van der Waals surface area contributed by atoms with Crippen molar-refractivity contribution in [2.45, 2.75) is 71.9 Å². The lowest BCUT2D eigenvalue weighted by atomic mass is 9.48. The van der Waals surface area contributed by atoms with Crippen molar-refractivity contribution in [1.29, 1.82) is 0 Å². The number of nitrogens with zero attached hydrogens (tertiary/aromatic N) is 1. The van der Waals surface area contributed by atoms with E-state index in [9.17, 15) is 22.8 Å². The van der Waals surface area contributed by atoms with Crippen LogP contribution >= 0.6 is 0 Å². The van der Waals surface area contributed by atoms with Crippen LogP contribution in [0.5, 0.6) is 0 Å². The molecule has 30 heavy (non-hydrogen) atoms. The number of carbonyl (C=O) groups excluding carboxylic acids is 2. The van der Waals surface area contributed by atoms with E-state index in [1.807, 2.05) is 11.9 Å². The molecule has 0 aromatic carbocycles. The van der Waals surface area contributed by atoms with E-state index in [2.05, 4.69) is 26.1 Å². The van der Waals surface area contributed by atoms with Crippen LogP contribution in [0.3, 0.4) is 0 Å². The number of rotatable bonds is 2. The zero-order valence-electron chi connectivity index (χ0n) is 18.4. The third-order valence-corrected chi connectivity index (χ3v) is 9.09. The summed E-state index contributed by atoms with van der Waals surface area (Å²) in [7, 11) is 1.89. The summed E-state index contributed by atoms with van der Waals surface area (Å²) in [6, 6.07) is 0. The summed E-state index contributed by atoms with van der Waals surface area (Å²) < 4.78 is 37.8. The number of hydrogen-bond donors (Lipinski definition) is 1. The molecular formula is C23H33F3N2O2. The number of halogens is 3. The third-order valence-electron chi connectivity index (χ3n) is 9.09. The monoisotopic (exact) mass is 426 g/mol. The Hall–Kier alpha value is -1.53. The number of fused-ring (bicyclic) bond motifs is 5. The van der Waals surface area contributed by atoms with E-state index in [1.54, 1.807) is 0 Å². The molecule has 3 fully saturated rings. The van der Waals surface area contributed by atoms with Crippen molar-refractivity contribution in [3.8, 4) is 0 Å². The summed E-state index contributed by atoms with van der Waals surface area (Å²) in [6.45, 7) is 5.31. The number of hydrogen-bond acceptors (Lipinski definition) is 2. The average Bonchev–Trinajstić information content (AvgIpc) is 3.00. The Labute approximate surface area is 176 Å². The standard InChI is InChI=1S/C23H33F3N2O2/c1-13-11-14-15-5-6-17(20(30)27-12-23(24,25)26)21(15,2)9-7-16(14)22(3)10-8-18(29)28(4)19(13)22/h14-17H,5-12H2,1-4H3,(H,27,30)/t14-,15-,16+,17?,21-,22+/m0/s1. The van der Waals surface area contributed by atoms with Crippen LogP contribution in [0.15, 0.2) is 11.3 Å². The SMILES string of the molecule is CC1=C2N(C)C(=O)CC[C@]2(C)[C@@H]2CC[C@]3(C)C(C(=O)NCC(F)(F)F)CC[C@H]3[C@@H]2C1. The summed E-state index contributed by atoms with van der Waals surface area (Å²) in [5.74, 6) is 0.632. The van der Waals surface area contributed by atoms with Gasteiger partial charge >= 0.3 is 6.18 Å². The second-order valence-corrected chi connectivity index (χ2v) is 10.6. The molecule has 1 aliphatic heterocycles. The third kappa shape index (κ3) is 3.18. The highest BCUT2D eigenvalue weighted by molar-refractivity contribution is 5.80. The molecule has 1 heterocycles. The molecule has 168 valence electrons. The Kier molecular flexibility index (Phi) is 5.06. The second kappa shape index (κ2) is 6.99. The van der Waals surface area contributed by atoms with Crippen molar-refractivity contribution >= 4 is 11.8 Å². The fourth-order valence-corrected chi connectivity index (χ4v) is 7.85. The van der Waals surface area contributed by atoms with Gasteiger partial charge in [0.2, 0.25) is 11.8 Å². The molecule has 6 atom stereocenters. The van der Waals surface area contributed by atoms with Crippen LogP contribution in [-0.2, 0) is 9.59 Å². The smallest absolute Gasteiger partial charge is 0.347 e. The largest absolute Gasteiger partial charge is 0.405 e. The van der Waals surface area contributed by atoms with E-state index in [1.165, 1.54) is 11.3 Å². The van der Waals surface area contributed by atoms with Crippen LogP contribution in [0.1, 0.15) is 65.7 Å². The molecule has 0 aromatic rings. The number of likely N-dealkylation sites (tertiary alicyclic amines) is 1. The molecule has 2 amide bonds. The molecule has 0 spiro atoms. The normalized spacial score (nSPS) is 41.3. The molecule has 7 heteroatoms. The Morgan fingerprint density at radius 2 is 1.87 bits per heavy atom. The van der Waals surface area contributed by atoms with Gasteiger partial charge < -0.3 is 10.2 Å². The number of carbonyl (C=O) groups is 2. The maximum Gasteiger partial charge on any atom is 0.405 e. The maximum atomic E-state index is 12.7. The minimum atomic E-state index is -4.38. The lowest BCUT2D eigenvalue weighted by Gasteiger charge is -2.59. The maximum absolute atomic E-state index is 12.7. The average molecular weight is 427 g/mol. The molecule has 4 nitrogen and oxygen atoms in total. The summed E-state index contributed by atoms with van der Waals surface area (Å²) in [5.41, 5.74) is 2.18. The molecule has 1 N–H and O–H groups in total. The van der Waals surface area contributed by atoms with Gasteiger partial charge in [-0.25, -0.2) is 0 Å². The van der Waals surface area contributed by atoms with E-state index >= 15 is 0 Å². The van der Waals surface area contributed by atoms with Crippen LogP contribution in [0.4, 0.5) is 13.2 Å². The lowest BCUT2D eigenvalue weighted by Crippen LogP contribution is -2.55. The minimum Gasteiger partial charge on any atom is -0.347 e.